The van der Waals surface area contributed by atoms with Crippen LogP contribution in [-0.4, -0.2) is 8.42 Å². The summed E-state index contributed by atoms with van der Waals surface area (Å²) < 4.78 is 22.5. The van der Waals surface area contributed by atoms with Crippen LogP contribution in [0.3, 0.4) is 0 Å². The Kier molecular flexibility index (Phi) is 4.35. The molecule has 3 nitrogen and oxygen atoms in total. The number of hydrogen-bond acceptors (Lipinski definition) is 2. The highest BCUT2D eigenvalue weighted by Crippen LogP contribution is 2.13. The lowest BCUT2D eigenvalue weighted by molar-refractivity contribution is 0.597. The maximum atomic E-state index is 11.3. The molecule has 0 saturated carbocycles. The van der Waals surface area contributed by atoms with Gasteiger partial charge in [0, 0.05) is 0 Å². The highest BCUT2D eigenvalue weighted by atomic mass is 32.2. The minimum Gasteiger partial charge on any atom is -0.225 e. The predicted molar refractivity (Wildman–Crippen MR) is 76.3 cm³/mol. The molecule has 0 heterocycles. The van der Waals surface area contributed by atoms with Crippen LogP contribution in [0.25, 0.3) is 0 Å². The van der Waals surface area contributed by atoms with Gasteiger partial charge in [0.2, 0.25) is 10.0 Å². The average molecular weight is 275 g/mol. The predicted octanol–water partition coefficient (Wildman–Crippen LogP) is 2.51. The van der Waals surface area contributed by atoms with Crippen molar-refractivity contribution in [2.24, 2.45) is 5.14 Å². The summed E-state index contributed by atoms with van der Waals surface area (Å²) in [5.41, 5.74) is 2.30. The second kappa shape index (κ2) is 5.99. The molecule has 0 atom stereocenters. The van der Waals surface area contributed by atoms with E-state index in [1.165, 1.54) is 11.6 Å². The summed E-state index contributed by atoms with van der Waals surface area (Å²) in [7, 11) is -3.60. The molecule has 0 spiro atoms. The number of benzene rings is 2. The van der Waals surface area contributed by atoms with Crippen molar-refractivity contribution in [2.45, 2.75) is 24.2 Å². The molecule has 0 bridgehead atoms. The Balaban J connectivity index is 1.97. The van der Waals surface area contributed by atoms with E-state index in [9.17, 15) is 8.42 Å². The minimum atomic E-state index is -3.60. The lowest BCUT2D eigenvalue weighted by Gasteiger charge is -2.04. The Hall–Kier alpha value is -1.65. The minimum absolute atomic E-state index is 0.185. The third-order valence-electron chi connectivity index (χ3n) is 3.00. The summed E-state index contributed by atoms with van der Waals surface area (Å²) in [4.78, 5) is 0.185. The Morgan fingerprint density at radius 3 is 2.16 bits per heavy atom. The van der Waals surface area contributed by atoms with E-state index < -0.39 is 10.0 Å². The van der Waals surface area contributed by atoms with Crippen LogP contribution in [0.4, 0.5) is 0 Å². The SMILES string of the molecule is NS(=O)(=O)c1cccc(CCCc2ccccc2)c1. The third-order valence-corrected chi connectivity index (χ3v) is 3.91. The number of primary sulfonamides is 1. The molecule has 2 rings (SSSR count). The maximum absolute atomic E-state index is 11.3. The maximum Gasteiger partial charge on any atom is 0.238 e. The van der Waals surface area contributed by atoms with Gasteiger partial charge in [-0.05, 0) is 42.5 Å². The van der Waals surface area contributed by atoms with Crippen molar-refractivity contribution in [2.75, 3.05) is 0 Å². The van der Waals surface area contributed by atoms with E-state index in [-0.39, 0.29) is 4.90 Å². The molecule has 0 aromatic heterocycles. The van der Waals surface area contributed by atoms with Crippen LogP contribution in [0.5, 0.6) is 0 Å². The summed E-state index contributed by atoms with van der Waals surface area (Å²) in [6, 6.07) is 17.1. The summed E-state index contributed by atoms with van der Waals surface area (Å²) >= 11 is 0. The molecule has 0 amide bonds. The first-order valence-corrected chi connectivity index (χ1v) is 7.76. The largest absolute Gasteiger partial charge is 0.238 e. The lowest BCUT2D eigenvalue weighted by Crippen LogP contribution is -2.12. The van der Waals surface area contributed by atoms with Gasteiger partial charge in [-0.15, -0.1) is 0 Å². The van der Waals surface area contributed by atoms with E-state index in [1.54, 1.807) is 12.1 Å². The first-order chi connectivity index (χ1) is 9.05. The number of hydrogen-bond donors (Lipinski definition) is 1. The van der Waals surface area contributed by atoms with Crippen molar-refractivity contribution in [1.82, 2.24) is 0 Å². The molecular formula is C15H17NO2S. The molecule has 0 unspecified atom stereocenters. The van der Waals surface area contributed by atoms with Crippen molar-refractivity contribution >= 4 is 10.0 Å². The monoisotopic (exact) mass is 275 g/mol. The van der Waals surface area contributed by atoms with Gasteiger partial charge >= 0.3 is 0 Å². The third kappa shape index (κ3) is 4.19. The highest BCUT2D eigenvalue weighted by Gasteiger charge is 2.07. The van der Waals surface area contributed by atoms with Gasteiger partial charge in [0.1, 0.15) is 0 Å². The van der Waals surface area contributed by atoms with Crippen LogP contribution in [0, 0.1) is 0 Å². The zero-order valence-corrected chi connectivity index (χ0v) is 11.4. The van der Waals surface area contributed by atoms with Crippen LogP contribution in [0.1, 0.15) is 17.5 Å². The van der Waals surface area contributed by atoms with Crippen LogP contribution < -0.4 is 5.14 Å². The van der Waals surface area contributed by atoms with Crippen molar-refractivity contribution in [1.29, 1.82) is 0 Å². The van der Waals surface area contributed by atoms with Gasteiger partial charge in [-0.25, -0.2) is 13.6 Å². The van der Waals surface area contributed by atoms with Crippen molar-refractivity contribution in [3.63, 3.8) is 0 Å². The number of aryl methyl sites for hydroxylation is 2. The van der Waals surface area contributed by atoms with Crippen LogP contribution in [0.2, 0.25) is 0 Å². The van der Waals surface area contributed by atoms with Crippen LogP contribution in [0.15, 0.2) is 59.5 Å². The molecule has 19 heavy (non-hydrogen) atoms. The molecule has 0 radical (unpaired) electrons. The smallest absolute Gasteiger partial charge is 0.225 e. The molecule has 4 heteroatoms. The van der Waals surface area contributed by atoms with E-state index in [2.05, 4.69) is 12.1 Å². The van der Waals surface area contributed by atoms with Crippen molar-refractivity contribution in [3.8, 4) is 0 Å². The fraction of sp³-hybridized carbons (Fsp3) is 0.200. The molecule has 0 saturated heterocycles. The fourth-order valence-electron chi connectivity index (χ4n) is 2.02. The number of nitrogens with two attached hydrogens (primary N) is 1. The van der Waals surface area contributed by atoms with Gasteiger partial charge in [0.05, 0.1) is 4.90 Å². The fourth-order valence-corrected chi connectivity index (χ4v) is 2.60. The molecule has 2 N–H and O–H groups in total. The zero-order chi connectivity index (χ0) is 13.7. The van der Waals surface area contributed by atoms with Gasteiger partial charge in [-0.3, -0.25) is 0 Å². The number of rotatable bonds is 5. The average Bonchev–Trinajstić information content (AvgIpc) is 2.39. The first-order valence-electron chi connectivity index (χ1n) is 6.21. The molecule has 0 aliphatic carbocycles. The lowest BCUT2D eigenvalue weighted by atomic mass is 10.0. The quantitative estimate of drug-likeness (QED) is 0.911. The van der Waals surface area contributed by atoms with Gasteiger partial charge in [0.25, 0.3) is 0 Å². The van der Waals surface area contributed by atoms with E-state index in [4.69, 9.17) is 5.14 Å². The molecule has 0 aliphatic heterocycles. The molecule has 0 aliphatic rings. The van der Waals surface area contributed by atoms with Crippen molar-refractivity contribution < 1.29 is 8.42 Å². The molecule has 2 aromatic rings. The van der Waals surface area contributed by atoms with Crippen molar-refractivity contribution in [3.05, 3.63) is 65.7 Å². The second-order valence-electron chi connectivity index (χ2n) is 4.53. The molecule has 100 valence electrons. The summed E-state index contributed by atoms with van der Waals surface area (Å²) in [6.45, 7) is 0. The Labute approximate surface area is 114 Å². The van der Waals surface area contributed by atoms with E-state index in [1.807, 2.05) is 24.3 Å². The highest BCUT2D eigenvalue weighted by molar-refractivity contribution is 7.89. The summed E-state index contributed by atoms with van der Waals surface area (Å²) in [5, 5.41) is 5.12. The van der Waals surface area contributed by atoms with E-state index >= 15 is 0 Å². The Morgan fingerprint density at radius 2 is 1.47 bits per heavy atom. The van der Waals surface area contributed by atoms with Crippen LogP contribution in [-0.2, 0) is 22.9 Å². The normalized spacial score (nSPS) is 11.4. The summed E-state index contributed by atoms with van der Waals surface area (Å²) in [5.74, 6) is 0. The Morgan fingerprint density at radius 1 is 0.842 bits per heavy atom. The van der Waals surface area contributed by atoms with Gasteiger partial charge < -0.3 is 0 Å². The second-order valence-corrected chi connectivity index (χ2v) is 6.09. The van der Waals surface area contributed by atoms with Gasteiger partial charge in [-0.1, -0.05) is 42.5 Å². The first kappa shape index (κ1) is 13.8. The molecular weight excluding hydrogens is 258 g/mol. The molecule has 2 aromatic carbocycles. The number of sulfonamides is 1. The molecule has 0 fully saturated rings. The van der Waals surface area contributed by atoms with Gasteiger partial charge in [0.15, 0.2) is 0 Å². The standard InChI is InChI=1S/C15H17NO2S/c16-19(17,18)15-11-5-10-14(12-15)9-4-8-13-6-2-1-3-7-13/h1-3,5-7,10-12H,4,8-9H2,(H2,16,17,18). The van der Waals surface area contributed by atoms with E-state index in [0.717, 1.165) is 24.8 Å². The summed E-state index contributed by atoms with van der Waals surface area (Å²) in [6.07, 6.45) is 2.82. The Bertz CT molecular complexity index is 636. The van der Waals surface area contributed by atoms with Crippen LogP contribution >= 0.6 is 0 Å². The van der Waals surface area contributed by atoms with Gasteiger partial charge in [-0.2, -0.15) is 0 Å². The van der Waals surface area contributed by atoms with E-state index in [0.29, 0.717) is 0 Å². The topological polar surface area (TPSA) is 60.2 Å². The zero-order valence-electron chi connectivity index (χ0n) is 10.6.